The number of nitro groups is 1. The summed E-state index contributed by atoms with van der Waals surface area (Å²) < 4.78 is 5.86. The Kier molecular flexibility index (Phi) is 5.95. The maximum absolute atomic E-state index is 11.5. The number of aliphatic hydroxyl groups is 1. The highest BCUT2D eigenvalue weighted by atomic mass is 16.6. The van der Waals surface area contributed by atoms with Crippen LogP contribution < -0.4 is 15.4 Å². The van der Waals surface area contributed by atoms with Gasteiger partial charge in [-0.05, 0) is 50.6 Å². The van der Waals surface area contributed by atoms with Gasteiger partial charge in [-0.25, -0.2) is 0 Å². The van der Waals surface area contributed by atoms with Crippen LogP contribution in [0.15, 0.2) is 36.4 Å². The van der Waals surface area contributed by atoms with E-state index in [4.69, 9.17) is 4.74 Å². The number of hydrogen-bond acceptors (Lipinski definition) is 7. The lowest BCUT2D eigenvalue weighted by atomic mass is 9.86. The number of carbonyl (C=O) groups is 1. The summed E-state index contributed by atoms with van der Waals surface area (Å²) in [7, 11) is 0. The quantitative estimate of drug-likeness (QED) is 0.421. The molecule has 0 bridgehead atoms. The van der Waals surface area contributed by atoms with E-state index in [-0.39, 0.29) is 22.9 Å². The van der Waals surface area contributed by atoms with Crippen molar-refractivity contribution in [2.75, 3.05) is 11.9 Å². The lowest BCUT2D eigenvalue weighted by Gasteiger charge is -2.42. The molecule has 2 aromatic carbocycles. The van der Waals surface area contributed by atoms with Gasteiger partial charge in [0.15, 0.2) is 0 Å². The first-order chi connectivity index (χ1) is 14.1. The van der Waals surface area contributed by atoms with Gasteiger partial charge in [-0.3, -0.25) is 14.9 Å². The number of amides is 1. The second-order valence-corrected chi connectivity index (χ2v) is 7.84. The molecule has 1 aliphatic rings. The zero-order valence-electron chi connectivity index (χ0n) is 17.0. The van der Waals surface area contributed by atoms with E-state index in [0.29, 0.717) is 18.5 Å². The number of nitro benzene ring substituents is 1. The smallest absolute Gasteiger partial charge is 0.296 e. The summed E-state index contributed by atoms with van der Waals surface area (Å²) in [5, 5.41) is 37.5. The van der Waals surface area contributed by atoms with E-state index in [1.807, 2.05) is 12.1 Å². The van der Waals surface area contributed by atoms with Crippen molar-refractivity contribution in [3.05, 3.63) is 57.6 Å². The molecule has 0 aromatic heterocycles. The van der Waals surface area contributed by atoms with Crippen LogP contribution in [-0.2, 0) is 11.2 Å². The molecule has 4 N–H and O–H groups in total. The van der Waals surface area contributed by atoms with Crippen molar-refractivity contribution in [3.8, 4) is 11.5 Å². The second-order valence-electron chi connectivity index (χ2n) is 7.84. The number of ether oxygens (including phenoxy) is 1. The molecular weight excluding hydrogens is 390 g/mol. The highest BCUT2D eigenvalue weighted by molar-refractivity contribution is 5.91. The molecule has 1 heterocycles. The van der Waals surface area contributed by atoms with Crippen LogP contribution in [0.1, 0.15) is 37.9 Å². The van der Waals surface area contributed by atoms with E-state index in [9.17, 15) is 25.1 Å². The number of aromatic hydroxyl groups is 1. The fraction of sp³-hybridized carbons (Fsp3) is 0.381. The number of carbonyl (C=O) groups excluding carboxylic acids is 1. The summed E-state index contributed by atoms with van der Waals surface area (Å²) in [5.41, 5.74) is 0.323. The lowest BCUT2D eigenvalue weighted by molar-refractivity contribution is -0.384. The number of nitrogens with zero attached hydrogens (tertiary/aromatic N) is 1. The van der Waals surface area contributed by atoms with Crippen molar-refractivity contribution in [2.45, 2.75) is 44.9 Å². The lowest BCUT2D eigenvalue weighted by Crippen LogP contribution is -2.52. The molecule has 0 saturated carbocycles. The van der Waals surface area contributed by atoms with Crippen LogP contribution in [0.5, 0.6) is 11.5 Å². The summed E-state index contributed by atoms with van der Waals surface area (Å²) in [4.78, 5) is 22.4. The number of anilines is 1. The summed E-state index contributed by atoms with van der Waals surface area (Å²) in [6.07, 6.45) is -0.289. The predicted molar refractivity (Wildman–Crippen MR) is 111 cm³/mol. The van der Waals surface area contributed by atoms with Crippen molar-refractivity contribution < 1.29 is 24.7 Å². The Hall–Kier alpha value is -3.17. The van der Waals surface area contributed by atoms with Crippen molar-refractivity contribution in [2.24, 2.45) is 0 Å². The van der Waals surface area contributed by atoms with Crippen molar-refractivity contribution in [3.63, 3.8) is 0 Å². The Bertz CT molecular complexity index is 958. The largest absolute Gasteiger partial charge is 0.508 e. The molecule has 0 aliphatic carbocycles. The van der Waals surface area contributed by atoms with Gasteiger partial charge < -0.3 is 25.6 Å². The van der Waals surface area contributed by atoms with Gasteiger partial charge in [0.25, 0.3) is 5.69 Å². The second kappa shape index (κ2) is 8.29. The van der Waals surface area contributed by atoms with Crippen LogP contribution in [0.3, 0.4) is 0 Å². The molecule has 0 saturated heterocycles. The first-order valence-corrected chi connectivity index (χ1v) is 9.57. The van der Waals surface area contributed by atoms with Gasteiger partial charge in [-0.15, -0.1) is 0 Å². The SMILES string of the molecule is CC(=O)Nc1cc2c(cc1[N+](=O)[O-])OC(C)(C)[C@@H](O)[C@@H]2NCCc1ccc(O)cc1. The standard InChI is InChI=1S/C21H25N3O6/c1-12(25)23-16-10-15-18(11-17(16)24(28)29)30-21(2,3)20(27)19(15)22-9-8-13-4-6-14(26)7-5-13/h4-7,10-11,19-20,22,26-27H,8-9H2,1-3H3,(H,23,25)/t19-,20+/m1/s1. The number of nitrogens with one attached hydrogen (secondary N) is 2. The molecule has 3 rings (SSSR count). The molecular formula is C21H25N3O6. The maximum atomic E-state index is 11.5. The molecule has 1 amide bonds. The highest BCUT2D eigenvalue weighted by Crippen LogP contribution is 2.44. The number of fused-ring (bicyclic) bond motifs is 1. The van der Waals surface area contributed by atoms with Gasteiger partial charge in [-0.2, -0.15) is 0 Å². The van der Waals surface area contributed by atoms with Gasteiger partial charge in [0.05, 0.1) is 17.0 Å². The van der Waals surface area contributed by atoms with E-state index in [0.717, 1.165) is 5.56 Å². The van der Waals surface area contributed by atoms with Crippen molar-refractivity contribution in [1.82, 2.24) is 5.32 Å². The predicted octanol–water partition coefficient (Wildman–Crippen LogP) is 2.66. The van der Waals surface area contributed by atoms with Gasteiger partial charge in [0.2, 0.25) is 5.91 Å². The summed E-state index contributed by atoms with van der Waals surface area (Å²) in [6.45, 7) is 5.20. The minimum atomic E-state index is -0.980. The Balaban J connectivity index is 1.91. The molecule has 9 nitrogen and oxygen atoms in total. The van der Waals surface area contributed by atoms with Gasteiger partial charge in [0.1, 0.15) is 28.9 Å². The molecule has 0 spiro atoms. The fourth-order valence-electron chi connectivity index (χ4n) is 3.53. The molecule has 160 valence electrons. The van der Waals surface area contributed by atoms with Crippen molar-refractivity contribution in [1.29, 1.82) is 0 Å². The summed E-state index contributed by atoms with van der Waals surface area (Å²) in [5.74, 6) is 0.0371. The molecule has 0 radical (unpaired) electrons. The maximum Gasteiger partial charge on any atom is 0.296 e. The summed E-state index contributed by atoms with van der Waals surface area (Å²) in [6, 6.07) is 9.04. The first-order valence-electron chi connectivity index (χ1n) is 9.57. The highest BCUT2D eigenvalue weighted by Gasteiger charge is 2.43. The van der Waals surface area contributed by atoms with E-state index >= 15 is 0 Å². The zero-order chi connectivity index (χ0) is 22.1. The molecule has 0 unspecified atom stereocenters. The van der Waals surface area contributed by atoms with E-state index in [1.54, 1.807) is 26.0 Å². The van der Waals surface area contributed by atoms with Crippen LogP contribution in [0, 0.1) is 10.1 Å². The number of phenols is 1. The van der Waals surface area contributed by atoms with Crippen molar-refractivity contribution >= 4 is 17.3 Å². The van der Waals surface area contributed by atoms with Gasteiger partial charge in [0, 0.05) is 12.5 Å². The van der Waals surface area contributed by atoms with Crippen LogP contribution >= 0.6 is 0 Å². The third-order valence-corrected chi connectivity index (χ3v) is 5.09. The van der Waals surface area contributed by atoms with E-state index in [2.05, 4.69) is 10.6 Å². The summed E-state index contributed by atoms with van der Waals surface area (Å²) >= 11 is 0. The molecule has 2 aromatic rings. The Morgan fingerprint density at radius 2 is 1.93 bits per heavy atom. The Morgan fingerprint density at radius 1 is 1.27 bits per heavy atom. The average molecular weight is 415 g/mol. The molecule has 0 fully saturated rings. The Morgan fingerprint density at radius 3 is 2.53 bits per heavy atom. The first kappa shape index (κ1) is 21.5. The van der Waals surface area contributed by atoms with Gasteiger partial charge >= 0.3 is 0 Å². The number of hydrogen-bond donors (Lipinski definition) is 4. The minimum Gasteiger partial charge on any atom is -0.508 e. The normalized spacial score (nSPS) is 19.5. The Labute approximate surface area is 173 Å². The topological polar surface area (TPSA) is 134 Å². The fourth-order valence-corrected chi connectivity index (χ4v) is 3.53. The van der Waals surface area contributed by atoms with Crippen LogP contribution in [0.2, 0.25) is 0 Å². The molecule has 1 aliphatic heterocycles. The molecule has 30 heavy (non-hydrogen) atoms. The molecule has 9 heteroatoms. The minimum absolute atomic E-state index is 0.0482. The molecule has 2 atom stereocenters. The van der Waals surface area contributed by atoms with E-state index < -0.39 is 28.6 Å². The average Bonchev–Trinajstić information content (AvgIpc) is 2.65. The number of benzene rings is 2. The number of rotatable bonds is 6. The van der Waals surface area contributed by atoms with Crippen LogP contribution in [0.4, 0.5) is 11.4 Å². The van der Waals surface area contributed by atoms with E-state index in [1.165, 1.54) is 19.1 Å². The van der Waals surface area contributed by atoms with Gasteiger partial charge in [-0.1, -0.05) is 12.1 Å². The number of aliphatic hydroxyl groups excluding tert-OH is 1. The van der Waals surface area contributed by atoms with Crippen LogP contribution in [-0.4, -0.2) is 39.3 Å². The number of phenolic OH excluding ortho intramolecular Hbond substituents is 1. The third kappa shape index (κ3) is 4.52. The third-order valence-electron chi connectivity index (χ3n) is 5.09. The monoisotopic (exact) mass is 415 g/mol. The van der Waals surface area contributed by atoms with Crippen LogP contribution in [0.25, 0.3) is 0 Å². The zero-order valence-corrected chi connectivity index (χ0v) is 17.0.